The Morgan fingerprint density at radius 1 is 1.18 bits per heavy atom. The topological polar surface area (TPSA) is 39.4 Å². The lowest BCUT2D eigenvalue weighted by Crippen LogP contribution is -1.98. The van der Waals surface area contributed by atoms with Gasteiger partial charge in [-0.1, -0.05) is 0 Å². The van der Waals surface area contributed by atoms with Gasteiger partial charge in [0.05, 0.1) is 7.11 Å². The van der Waals surface area contributed by atoms with Crippen LogP contribution in [-0.4, -0.2) is 13.1 Å². The summed E-state index contributed by atoms with van der Waals surface area (Å²) >= 11 is 0. The molecule has 0 saturated heterocycles. The minimum Gasteiger partial charge on any atom is -0.463 e. The van der Waals surface area contributed by atoms with Crippen LogP contribution in [0.15, 0.2) is 34.7 Å². The Morgan fingerprint density at radius 2 is 1.94 bits per heavy atom. The predicted octanol–water partition coefficient (Wildman–Crippen LogP) is 3.01. The van der Waals surface area contributed by atoms with Crippen LogP contribution in [0.4, 0.5) is 8.78 Å². The lowest BCUT2D eigenvalue weighted by molar-refractivity contribution is 0.0566. The number of hydrogen-bond donors (Lipinski definition) is 0. The molecule has 88 valence electrons. The van der Waals surface area contributed by atoms with Crippen molar-refractivity contribution in [2.45, 2.75) is 0 Å². The van der Waals surface area contributed by atoms with Crippen LogP contribution >= 0.6 is 0 Å². The Bertz CT molecular complexity index is 561. The third kappa shape index (κ3) is 2.18. The summed E-state index contributed by atoms with van der Waals surface area (Å²) in [6.07, 6.45) is 0. The molecule has 0 bridgehead atoms. The summed E-state index contributed by atoms with van der Waals surface area (Å²) in [5.74, 6) is -2.26. The fraction of sp³-hybridized carbons (Fsp3) is 0.0833. The molecule has 0 aliphatic heterocycles. The van der Waals surface area contributed by atoms with Crippen molar-refractivity contribution in [3.63, 3.8) is 0 Å². The second-order valence-electron chi connectivity index (χ2n) is 3.28. The number of ether oxygens (including phenoxy) is 1. The van der Waals surface area contributed by atoms with Gasteiger partial charge in [-0.15, -0.1) is 0 Å². The van der Waals surface area contributed by atoms with Crippen LogP contribution in [-0.2, 0) is 4.74 Å². The van der Waals surface area contributed by atoms with Crippen molar-refractivity contribution in [2.75, 3.05) is 7.11 Å². The second-order valence-corrected chi connectivity index (χ2v) is 3.28. The van der Waals surface area contributed by atoms with Crippen molar-refractivity contribution < 1.29 is 22.7 Å². The number of methoxy groups -OCH3 is 1. The van der Waals surface area contributed by atoms with Gasteiger partial charge in [-0.25, -0.2) is 13.6 Å². The predicted molar refractivity (Wildman–Crippen MR) is 55.4 cm³/mol. The largest absolute Gasteiger partial charge is 0.463 e. The van der Waals surface area contributed by atoms with Gasteiger partial charge in [-0.3, -0.25) is 0 Å². The van der Waals surface area contributed by atoms with Crippen molar-refractivity contribution in [1.82, 2.24) is 0 Å². The van der Waals surface area contributed by atoms with Gasteiger partial charge in [0.2, 0.25) is 5.76 Å². The van der Waals surface area contributed by atoms with E-state index in [1.165, 1.54) is 25.3 Å². The second kappa shape index (κ2) is 4.37. The number of esters is 1. The molecule has 0 spiro atoms. The number of hydrogen-bond acceptors (Lipinski definition) is 3. The molecule has 0 radical (unpaired) electrons. The zero-order valence-corrected chi connectivity index (χ0v) is 8.87. The molecule has 1 aromatic heterocycles. The van der Waals surface area contributed by atoms with E-state index in [0.29, 0.717) is 5.56 Å². The maximum Gasteiger partial charge on any atom is 0.373 e. The summed E-state index contributed by atoms with van der Waals surface area (Å²) in [5, 5.41) is 0. The first-order chi connectivity index (χ1) is 8.11. The molecule has 1 aromatic carbocycles. The fourth-order valence-electron chi connectivity index (χ4n) is 1.35. The SMILES string of the molecule is COC(=O)c1ccc(-c2ccc(F)c(F)c2)o1. The third-order valence-corrected chi connectivity index (χ3v) is 2.20. The zero-order valence-electron chi connectivity index (χ0n) is 8.87. The molecule has 2 rings (SSSR count). The highest BCUT2D eigenvalue weighted by atomic mass is 19.2. The van der Waals surface area contributed by atoms with Gasteiger partial charge in [0, 0.05) is 5.56 Å². The summed E-state index contributed by atoms with van der Waals surface area (Å²) in [5.41, 5.74) is 0.346. The average molecular weight is 238 g/mol. The summed E-state index contributed by atoms with van der Waals surface area (Å²) < 4.78 is 35.3. The highest BCUT2D eigenvalue weighted by Crippen LogP contribution is 2.24. The van der Waals surface area contributed by atoms with E-state index in [1.807, 2.05) is 0 Å². The van der Waals surface area contributed by atoms with E-state index in [0.717, 1.165) is 12.1 Å². The van der Waals surface area contributed by atoms with Crippen molar-refractivity contribution in [2.24, 2.45) is 0 Å². The van der Waals surface area contributed by atoms with Gasteiger partial charge in [0.25, 0.3) is 0 Å². The first kappa shape index (κ1) is 11.3. The van der Waals surface area contributed by atoms with Crippen LogP contribution < -0.4 is 0 Å². The summed E-state index contributed by atoms with van der Waals surface area (Å²) in [4.78, 5) is 11.1. The van der Waals surface area contributed by atoms with Crippen molar-refractivity contribution >= 4 is 5.97 Å². The van der Waals surface area contributed by atoms with Crippen LogP contribution in [0.25, 0.3) is 11.3 Å². The van der Waals surface area contributed by atoms with Gasteiger partial charge < -0.3 is 9.15 Å². The fourth-order valence-corrected chi connectivity index (χ4v) is 1.35. The Balaban J connectivity index is 2.37. The minimum absolute atomic E-state index is 0.00670. The Hall–Kier alpha value is -2.17. The van der Waals surface area contributed by atoms with E-state index in [9.17, 15) is 13.6 Å². The molecule has 2 aromatic rings. The molecule has 0 N–H and O–H groups in total. The number of rotatable bonds is 2. The molecule has 17 heavy (non-hydrogen) atoms. The summed E-state index contributed by atoms with van der Waals surface area (Å²) in [7, 11) is 1.22. The average Bonchev–Trinajstić information content (AvgIpc) is 2.81. The van der Waals surface area contributed by atoms with Crippen LogP contribution in [0, 0.1) is 11.6 Å². The van der Waals surface area contributed by atoms with Gasteiger partial charge in [0.1, 0.15) is 5.76 Å². The van der Waals surface area contributed by atoms with Crippen LogP contribution in [0.2, 0.25) is 0 Å². The first-order valence-corrected chi connectivity index (χ1v) is 4.75. The van der Waals surface area contributed by atoms with Crippen molar-refractivity contribution in [3.05, 3.63) is 47.7 Å². The number of furan rings is 1. The van der Waals surface area contributed by atoms with Crippen LogP contribution in [0.5, 0.6) is 0 Å². The normalized spacial score (nSPS) is 10.3. The molecule has 0 amide bonds. The highest BCUT2D eigenvalue weighted by Gasteiger charge is 2.13. The Morgan fingerprint density at radius 3 is 2.59 bits per heavy atom. The number of benzene rings is 1. The molecule has 0 saturated carbocycles. The van der Waals surface area contributed by atoms with Crippen molar-refractivity contribution in [1.29, 1.82) is 0 Å². The Labute approximate surface area is 95.6 Å². The number of carbonyl (C=O) groups is 1. The number of carbonyl (C=O) groups excluding carboxylic acids is 1. The lowest BCUT2D eigenvalue weighted by atomic mass is 10.1. The molecular formula is C12H8F2O3. The van der Waals surface area contributed by atoms with Crippen LogP contribution in [0.3, 0.4) is 0 Å². The van der Waals surface area contributed by atoms with E-state index >= 15 is 0 Å². The third-order valence-electron chi connectivity index (χ3n) is 2.20. The zero-order chi connectivity index (χ0) is 12.4. The summed E-state index contributed by atoms with van der Waals surface area (Å²) in [6, 6.07) is 6.24. The first-order valence-electron chi connectivity index (χ1n) is 4.75. The molecule has 0 aliphatic carbocycles. The molecule has 1 heterocycles. The standard InChI is InChI=1S/C12H8F2O3/c1-16-12(15)11-5-4-10(17-11)7-2-3-8(13)9(14)6-7/h2-6H,1H3. The maximum absolute atomic E-state index is 13.0. The monoisotopic (exact) mass is 238 g/mol. The molecule has 0 unspecified atom stereocenters. The molecule has 0 atom stereocenters. The molecule has 5 heteroatoms. The van der Waals surface area contributed by atoms with Crippen LogP contribution in [0.1, 0.15) is 10.6 Å². The summed E-state index contributed by atoms with van der Waals surface area (Å²) in [6.45, 7) is 0. The minimum atomic E-state index is -0.974. The van der Waals surface area contributed by atoms with E-state index in [2.05, 4.69) is 4.74 Å². The van der Waals surface area contributed by atoms with E-state index in [1.54, 1.807) is 0 Å². The van der Waals surface area contributed by atoms with Gasteiger partial charge in [-0.05, 0) is 30.3 Å². The quantitative estimate of drug-likeness (QED) is 0.755. The number of halogens is 2. The molecule has 0 aliphatic rings. The van der Waals surface area contributed by atoms with E-state index < -0.39 is 17.6 Å². The molecule has 0 fully saturated rings. The maximum atomic E-state index is 13.0. The van der Waals surface area contributed by atoms with Crippen molar-refractivity contribution in [3.8, 4) is 11.3 Å². The van der Waals surface area contributed by atoms with Gasteiger partial charge in [0.15, 0.2) is 11.6 Å². The van der Waals surface area contributed by atoms with E-state index in [4.69, 9.17) is 4.42 Å². The molecular weight excluding hydrogens is 230 g/mol. The highest BCUT2D eigenvalue weighted by molar-refractivity contribution is 5.87. The van der Waals surface area contributed by atoms with Gasteiger partial charge in [-0.2, -0.15) is 0 Å². The Kier molecular flexibility index (Phi) is 2.91. The molecule has 3 nitrogen and oxygen atoms in total. The van der Waals surface area contributed by atoms with Gasteiger partial charge >= 0.3 is 5.97 Å². The van der Waals surface area contributed by atoms with E-state index in [-0.39, 0.29) is 11.5 Å². The lowest BCUT2D eigenvalue weighted by Gasteiger charge is -1.98. The smallest absolute Gasteiger partial charge is 0.373 e.